The molecule has 0 bridgehead atoms. The second-order valence-electron chi connectivity index (χ2n) is 3.59. The monoisotopic (exact) mass is 373 g/mol. The molecule has 0 radical (unpaired) electrons. The standard InChI is InChI=1S/C12H12IN3O3/c1-18-7-3-4-9(19-2)8(5-7)16-11-10(13)12(17)15-6-14-11/h3-6H,1-2H3,(H2,14,15,16,17). The Hall–Kier alpha value is -1.77. The van der Waals surface area contributed by atoms with E-state index in [-0.39, 0.29) is 5.56 Å². The summed E-state index contributed by atoms with van der Waals surface area (Å²) in [5, 5.41) is 3.06. The summed E-state index contributed by atoms with van der Waals surface area (Å²) in [5.74, 6) is 1.79. The van der Waals surface area contributed by atoms with Crippen molar-refractivity contribution in [3.63, 3.8) is 0 Å². The number of rotatable bonds is 4. The predicted molar refractivity (Wildman–Crippen MR) is 80.4 cm³/mol. The number of methoxy groups -OCH3 is 2. The summed E-state index contributed by atoms with van der Waals surface area (Å²) >= 11 is 1.93. The van der Waals surface area contributed by atoms with E-state index >= 15 is 0 Å². The van der Waals surface area contributed by atoms with E-state index in [1.54, 1.807) is 32.4 Å². The molecule has 0 amide bonds. The first-order valence-corrected chi connectivity index (χ1v) is 6.46. The van der Waals surface area contributed by atoms with E-state index in [9.17, 15) is 4.79 Å². The number of aromatic nitrogens is 2. The highest BCUT2D eigenvalue weighted by Crippen LogP contribution is 2.31. The smallest absolute Gasteiger partial charge is 0.266 e. The SMILES string of the molecule is COc1ccc(OC)c(Nc2nc[nH]c(=O)c2I)c1. The summed E-state index contributed by atoms with van der Waals surface area (Å²) in [6.45, 7) is 0. The van der Waals surface area contributed by atoms with E-state index in [1.165, 1.54) is 6.33 Å². The largest absolute Gasteiger partial charge is 0.497 e. The van der Waals surface area contributed by atoms with E-state index in [2.05, 4.69) is 15.3 Å². The average molecular weight is 373 g/mol. The molecule has 0 aliphatic heterocycles. The van der Waals surface area contributed by atoms with Gasteiger partial charge in [0, 0.05) is 6.07 Å². The highest BCUT2D eigenvalue weighted by atomic mass is 127. The maximum absolute atomic E-state index is 11.5. The Labute approximate surface area is 123 Å². The first-order valence-electron chi connectivity index (χ1n) is 5.38. The molecule has 0 saturated carbocycles. The van der Waals surface area contributed by atoms with Gasteiger partial charge in [0.25, 0.3) is 5.56 Å². The van der Waals surface area contributed by atoms with Gasteiger partial charge in [0.1, 0.15) is 15.1 Å². The van der Waals surface area contributed by atoms with Crippen LogP contribution in [0.1, 0.15) is 0 Å². The minimum absolute atomic E-state index is 0.194. The molecular formula is C12H12IN3O3. The Balaban J connectivity index is 2.42. The van der Waals surface area contributed by atoms with Gasteiger partial charge in [0.05, 0.1) is 26.2 Å². The van der Waals surface area contributed by atoms with Crippen LogP contribution in [0, 0.1) is 3.57 Å². The van der Waals surface area contributed by atoms with E-state index in [4.69, 9.17) is 9.47 Å². The molecule has 0 aliphatic rings. The number of H-pyrrole nitrogens is 1. The maximum atomic E-state index is 11.5. The zero-order valence-corrected chi connectivity index (χ0v) is 12.5. The minimum atomic E-state index is -0.194. The van der Waals surface area contributed by atoms with Gasteiger partial charge in [-0.05, 0) is 34.7 Å². The lowest BCUT2D eigenvalue weighted by molar-refractivity contribution is 0.405. The van der Waals surface area contributed by atoms with Gasteiger partial charge in [0.2, 0.25) is 0 Å². The number of ether oxygens (including phenoxy) is 2. The van der Waals surface area contributed by atoms with E-state index in [0.29, 0.717) is 26.6 Å². The fourth-order valence-electron chi connectivity index (χ4n) is 1.51. The molecule has 2 aromatic rings. The van der Waals surface area contributed by atoms with Crippen molar-refractivity contribution in [1.29, 1.82) is 0 Å². The van der Waals surface area contributed by atoms with Crippen molar-refractivity contribution in [3.8, 4) is 11.5 Å². The lowest BCUT2D eigenvalue weighted by Gasteiger charge is -2.12. The Kier molecular flexibility index (Phi) is 4.25. The van der Waals surface area contributed by atoms with Crippen LogP contribution in [0.25, 0.3) is 0 Å². The summed E-state index contributed by atoms with van der Waals surface area (Å²) in [6, 6.07) is 5.35. The van der Waals surface area contributed by atoms with E-state index < -0.39 is 0 Å². The predicted octanol–water partition coefficient (Wildman–Crippen LogP) is 2.14. The topological polar surface area (TPSA) is 76.2 Å². The van der Waals surface area contributed by atoms with Crippen LogP contribution >= 0.6 is 22.6 Å². The molecule has 1 heterocycles. The minimum Gasteiger partial charge on any atom is -0.497 e. The van der Waals surface area contributed by atoms with Gasteiger partial charge in [-0.15, -0.1) is 0 Å². The third kappa shape index (κ3) is 2.98. The number of aromatic amines is 1. The summed E-state index contributed by atoms with van der Waals surface area (Å²) < 4.78 is 10.9. The first kappa shape index (κ1) is 13.7. The van der Waals surface area contributed by atoms with Gasteiger partial charge in [-0.3, -0.25) is 4.79 Å². The normalized spacial score (nSPS) is 10.1. The van der Waals surface area contributed by atoms with Gasteiger partial charge in [-0.1, -0.05) is 0 Å². The second kappa shape index (κ2) is 5.91. The van der Waals surface area contributed by atoms with Gasteiger partial charge >= 0.3 is 0 Å². The Morgan fingerprint density at radius 2 is 2.11 bits per heavy atom. The Morgan fingerprint density at radius 3 is 2.79 bits per heavy atom. The molecule has 100 valence electrons. The Bertz CT molecular complexity index is 642. The number of nitrogens with zero attached hydrogens (tertiary/aromatic N) is 1. The molecule has 0 spiro atoms. The van der Waals surface area contributed by atoms with Gasteiger partial charge in [-0.2, -0.15) is 0 Å². The zero-order chi connectivity index (χ0) is 13.8. The molecule has 0 atom stereocenters. The number of hydrogen-bond acceptors (Lipinski definition) is 5. The first-order chi connectivity index (χ1) is 9.15. The van der Waals surface area contributed by atoms with Crippen LogP contribution in [0.15, 0.2) is 29.3 Å². The van der Waals surface area contributed by atoms with Crippen LogP contribution in [0.3, 0.4) is 0 Å². The van der Waals surface area contributed by atoms with Crippen LogP contribution in [0.2, 0.25) is 0 Å². The lowest BCUT2D eigenvalue weighted by atomic mass is 10.2. The molecule has 0 saturated heterocycles. The van der Waals surface area contributed by atoms with E-state index in [1.807, 2.05) is 22.6 Å². The number of benzene rings is 1. The number of nitrogens with one attached hydrogen (secondary N) is 2. The molecule has 19 heavy (non-hydrogen) atoms. The molecular weight excluding hydrogens is 361 g/mol. The van der Waals surface area contributed by atoms with Crippen molar-refractivity contribution in [2.24, 2.45) is 0 Å². The molecule has 0 aliphatic carbocycles. The quantitative estimate of drug-likeness (QED) is 0.804. The van der Waals surface area contributed by atoms with Crippen LogP contribution < -0.4 is 20.3 Å². The molecule has 2 N–H and O–H groups in total. The van der Waals surface area contributed by atoms with Crippen molar-refractivity contribution in [2.75, 3.05) is 19.5 Å². The fourth-order valence-corrected chi connectivity index (χ4v) is 1.94. The van der Waals surface area contributed by atoms with E-state index in [0.717, 1.165) is 0 Å². The van der Waals surface area contributed by atoms with Crippen molar-refractivity contribution >= 4 is 34.1 Å². The lowest BCUT2D eigenvalue weighted by Crippen LogP contribution is -2.13. The van der Waals surface area contributed by atoms with Crippen LogP contribution in [-0.4, -0.2) is 24.2 Å². The average Bonchev–Trinajstić information content (AvgIpc) is 2.43. The molecule has 0 fully saturated rings. The highest BCUT2D eigenvalue weighted by Gasteiger charge is 2.10. The molecule has 6 nitrogen and oxygen atoms in total. The third-order valence-electron chi connectivity index (χ3n) is 2.46. The summed E-state index contributed by atoms with van der Waals surface area (Å²) in [5.41, 5.74) is 0.484. The van der Waals surface area contributed by atoms with Gasteiger partial charge in [-0.25, -0.2) is 4.98 Å². The number of anilines is 2. The molecule has 1 aromatic carbocycles. The van der Waals surface area contributed by atoms with Crippen molar-refractivity contribution in [1.82, 2.24) is 9.97 Å². The third-order valence-corrected chi connectivity index (χ3v) is 3.46. The number of hydrogen-bond donors (Lipinski definition) is 2. The van der Waals surface area contributed by atoms with Crippen LogP contribution in [0.5, 0.6) is 11.5 Å². The molecule has 7 heteroatoms. The molecule has 2 rings (SSSR count). The van der Waals surface area contributed by atoms with Gasteiger partial charge < -0.3 is 19.8 Å². The number of halogens is 1. The zero-order valence-electron chi connectivity index (χ0n) is 10.4. The molecule has 0 unspecified atom stereocenters. The summed E-state index contributed by atoms with van der Waals surface area (Å²) in [7, 11) is 3.16. The van der Waals surface area contributed by atoms with Crippen LogP contribution in [-0.2, 0) is 0 Å². The van der Waals surface area contributed by atoms with Gasteiger partial charge in [0.15, 0.2) is 5.82 Å². The van der Waals surface area contributed by atoms with Crippen molar-refractivity contribution in [3.05, 3.63) is 38.5 Å². The van der Waals surface area contributed by atoms with Crippen molar-refractivity contribution in [2.45, 2.75) is 0 Å². The van der Waals surface area contributed by atoms with Crippen molar-refractivity contribution < 1.29 is 9.47 Å². The maximum Gasteiger partial charge on any atom is 0.266 e. The highest BCUT2D eigenvalue weighted by molar-refractivity contribution is 14.1. The fraction of sp³-hybridized carbons (Fsp3) is 0.167. The van der Waals surface area contributed by atoms with Crippen LogP contribution in [0.4, 0.5) is 11.5 Å². The summed E-state index contributed by atoms with van der Waals surface area (Å²) in [4.78, 5) is 18.1. The second-order valence-corrected chi connectivity index (χ2v) is 4.66. The summed E-state index contributed by atoms with van der Waals surface area (Å²) in [6.07, 6.45) is 1.35. The molecule has 1 aromatic heterocycles. The Morgan fingerprint density at radius 1 is 1.32 bits per heavy atom.